The number of hydrogen-bond donors (Lipinski definition) is 4. The minimum atomic E-state index is 0. The first-order chi connectivity index (χ1) is 12.1. The molecule has 6 nitrogen and oxygen atoms in total. The van der Waals surface area contributed by atoms with Crippen molar-refractivity contribution >= 4 is 11.7 Å². The Balaban J connectivity index is 0.00000338. The molecule has 148 valence electrons. The van der Waals surface area contributed by atoms with Gasteiger partial charge in [0.05, 0.1) is 24.3 Å². The van der Waals surface area contributed by atoms with Crippen molar-refractivity contribution in [3.63, 3.8) is 0 Å². The highest BCUT2D eigenvalue weighted by atomic mass is 35.5. The van der Waals surface area contributed by atoms with Crippen LogP contribution in [0.15, 0.2) is 48.5 Å². The zero-order valence-electron chi connectivity index (χ0n) is 15.0. The van der Waals surface area contributed by atoms with E-state index in [0.717, 1.165) is 41.9 Å². The van der Waals surface area contributed by atoms with E-state index in [1.807, 2.05) is 48.5 Å². The molecule has 8 heteroatoms. The molecule has 0 bridgehead atoms. The Labute approximate surface area is 172 Å². The number of benzene rings is 2. The first-order valence-electron chi connectivity index (χ1n) is 8.28. The van der Waals surface area contributed by atoms with Crippen LogP contribution in [0.1, 0.15) is 30.4 Å². The third-order valence-electron chi connectivity index (χ3n) is 3.70. The smallest absolute Gasteiger partial charge is 0.270 e. The van der Waals surface area contributed by atoms with Gasteiger partial charge in [-0.1, -0.05) is 0 Å². The van der Waals surface area contributed by atoms with Crippen LogP contribution in [0.4, 0.5) is 0 Å². The van der Waals surface area contributed by atoms with Crippen molar-refractivity contribution in [2.24, 2.45) is 11.5 Å². The average molecular weight is 413 g/mol. The van der Waals surface area contributed by atoms with Gasteiger partial charge in [0.15, 0.2) is 0 Å². The van der Waals surface area contributed by atoms with Gasteiger partial charge in [-0.2, -0.15) is 0 Å². The van der Waals surface area contributed by atoms with Gasteiger partial charge < -0.3 is 34.3 Å². The number of ether oxygens (including phenoxy) is 2. The molecule has 0 atom stereocenters. The van der Waals surface area contributed by atoms with E-state index < -0.39 is 0 Å². The van der Waals surface area contributed by atoms with Gasteiger partial charge in [0.2, 0.25) is 0 Å². The van der Waals surface area contributed by atoms with Gasteiger partial charge in [-0.15, -0.1) is 0 Å². The molecule has 27 heavy (non-hydrogen) atoms. The molecule has 0 unspecified atom stereocenters. The summed E-state index contributed by atoms with van der Waals surface area (Å²) in [5, 5.41) is 11.0. The molecule has 2 aromatic rings. The Morgan fingerprint density at radius 1 is 0.630 bits per heavy atom. The summed E-state index contributed by atoms with van der Waals surface area (Å²) >= 11 is 0. The fourth-order valence-electron chi connectivity index (χ4n) is 2.25. The van der Waals surface area contributed by atoms with Crippen LogP contribution in [-0.4, -0.2) is 24.9 Å². The van der Waals surface area contributed by atoms with Gasteiger partial charge in [0.1, 0.15) is 11.5 Å². The van der Waals surface area contributed by atoms with Crippen LogP contribution in [0, 0.1) is 0 Å². The largest absolute Gasteiger partial charge is 1.00 e. The Kier molecular flexibility index (Phi) is 11.7. The van der Waals surface area contributed by atoms with Crippen molar-refractivity contribution in [3.8, 4) is 11.5 Å². The van der Waals surface area contributed by atoms with E-state index in [-0.39, 0.29) is 24.8 Å². The third-order valence-corrected chi connectivity index (χ3v) is 3.70. The van der Waals surface area contributed by atoms with Gasteiger partial charge in [-0.3, -0.25) is 22.3 Å². The van der Waals surface area contributed by atoms with E-state index in [2.05, 4.69) is 0 Å². The number of nitrogens with two attached hydrogens (primary N) is 4. The van der Waals surface area contributed by atoms with Crippen molar-refractivity contribution in [3.05, 3.63) is 59.7 Å². The van der Waals surface area contributed by atoms with E-state index in [9.17, 15) is 0 Å². The predicted octanol–water partition coefficient (Wildman–Crippen LogP) is -6.75. The Morgan fingerprint density at radius 3 is 1.26 bits per heavy atom. The standard InChI is InChI=1S/C19H24N4O2.2ClH/c20-18(21)14-4-8-16(9-5-14)24-12-2-1-3-13-25-17-10-6-15(7-11-17)19(22)23;;/h4-11H,1-3,12-13H2,(H3,20,21)(H3,22,23);2*1H. The molecular formula is C19H26Cl2N4O2. The number of rotatable bonds is 10. The van der Waals surface area contributed by atoms with E-state index in [1.165, 1.54) is 0 Å². The predicted molar refractivity (Wildman–Crippen MR) is 98.2 cm³/mol. The zero-order chi connectivity index (χ0) is 18.1. The summed E-state index contributed by atoms with van der Waals surface area (Å²) < 4.78 is 11.4. The highest BCUT2D eigenvalue weighted by Gasteiger charge is 2.02. The van der Waals surface area contributed by atoms with Crippen LogP contribution in [-0.2, 0) is 0 Å². The molecule has 0 aliphatic heterocycles. The van der Waals surface area contributed by atoms with Crippen LogP contribution >= 0.6 is 0 Å². The lowest BCUT2D eigenvalue weighted by atomic mass is 10.2. The fraction of sp³-hybridized carbons (Fsp3) is 0.263. The molecule has 0 spiro atoms. The molecule has 0 aliphatic rings. The summed E-state index contributed by atoms with van der Waals surface area (Å²) in [4.78, 5) is 0. The summed E-state index contributed by atoms with van der Waals surface area (Å²) in [6, 6.07) is 14.9. The first-order valence-corrected chi connectivity index (χ1v) is 8.28. The Bertz CT molecular complexity index is 645. The Morgan fingerprint density at radius 2 is 0.963 bits per heavy atom. The molecular weight excluding hydrogens is 387 g/mol. The molecule has 0 fully saturated rings. The number of halogens is 2. The molecule has 0 heterocycles. The molecule has 0 aliphatic carbocycles. The minimum Gasteiger partial charge on any atom is -1.00 e. The lowest BCUT2D eigenvalue weighted by Gasteiger charge is -2.08. The lowest BCUT2D eigenvalue weighted by molar-refractivity contribution is -0.115. The van der Waals surface area contributed by atoms with Gasteiger partial charge in [-0.25, -0.2) is 0 Å². The van der Waals surface area contributed by atoms with Crippen LogP contribution in [0.3, 0.4) is 0 Å². The number of hydrogen-bond acceptors (Lipinski definition) is 2. The molecule has 2 rings (SSSR count). The average Bonchev–Trinajstić information content (AvgIpc) is 2.61. The summed E-state index contributed by atoms with van der Waals surface area (Å²) in [7, 11) is 0. The maximum atomic E-state index is 5.68. The molecule has 0 saturated heterocycles. The van der Waals surface area contributed by atoms with E-state index >= 15 is 0 Å². The number of amidine groups is 2. The van der Waals surface area contributed by atoms with Crippen LogP contribution in [0.2, 0.25) is 0 Å². The zero-order valence-corrected chi connectivity index (χ0v) is 16.5. The van der Waals surface area contributed by atoms with Gasteiger partial charge in [0.25, 0.3) is 11.7 Å². The molecule has 0 saturated carbocycles. The van der Waals surface area contributed by atoms with Crippen molar-refractivity contribution in [1.82, 2.24) is 0 Å². The summed E-state index contributed by atoms with van der Waals surface area (Å²) in [5.74, 6) is 2.26. The molecule has 2 aromatic carbocycles. The van der Waals surface area contributed by atoms with E-state index in [1.54, 1.807) is 0 Å². The summed E-state index contributed by atoms with van der Waals surface area (Å²) in [5.41, 5.74) is 12.7. The molecule has 8 N–H and O–H groups in total. The maximum absolute atomic E-state index is 5.68. The van der Waals surface area contributed by atoms with Gasteiger partial charge >= 0.3 is 0 Å². The van der Waals surface area contributed by atoms with Crippen molar-refractivity contribution in [2.75, 3.05) is 13.2 Å². The Hall–Kier alpha value is -2.44. The van der Waals surface area contributed by atoms with Crippen LogP contribution in [0.25, 0.3) is 0 Å². The van der Waals surface area contributed by atoms with Crippen molar-refractivity contribution in [2.45, 2.75) is 19.3 Å². The third kappa shape index (κ3) is 8.66. The van der Waals surface area contributed by atoms with E-state index in [0.29, 0.717) is 24.9 Å². The minimum absolute atomic E-state index is 0. The second-order valence-corrected chi connectivity index (χ2v) is 5.72. The highest BCUT2D eigenvalue weighted by molar-refractivity contribution is 5.93. The summed E-state index contributed by atoms with van der Waals surface area (Å²) in [6.07, 6.45) is 2.96. The van der Waals surface area contributed by atoms with E-state index in [4.69, 9.17) is 31.8 Å². The topological polar surface area (TPSA) is 122 Å². The highest BCUT2D eigenvalue weighted by Crippen LogP contribution is 2.13. The molecule has 0 aromatic heterocycles. The van der Waals surface area contributed by atoms with Gasteiger partial charge in [0, 0.05) is 0 Å². The van der Waals surface area contributed by atoms with Gasteiger partial charge in [-0.05, 0) is 67.8 Å². The first kappa shape index (κ1) is 24.6. The number of unbranched alkanes of at least 4 members (excludes halogenated alkanes) is 2. The second-order valence-electron chi connectivity index (χ2n) is 5.72. The lowest BCUT2D eigenvalue weighted by Crippen LogP contribution is -3.00. The van der Waals surface area contributed by atoms with Crippen LogP contribution < -0.4 is 56.6 Å². The quantitative estimate of drug-likeness (QED) is 0.176. The summed E-state index contributed by atoms with van der Waals surface area (Å²) in [6.45, 7) is 1.34. The SMILES string of the molecule is NC(=[NH2+])c1ccc(OCCCCCOc2ccc(C(N)=[NH2+])cc2)cc1.[Cl-].[Cl-]. The van der Waals surface area contributed by atoms with Crippen molar-refractivity contribution < 1.29 is 45.1 Å². The maximum Gasteiger partial charge on any atom is 0.270 e. The molecule has 0 amide bonds. The normalized spacial score (nSPS) is 9.48. The monoisotopic (exact) mass is 412 g/mol. The van der Waals surface area contributed by atoms with Crippen molar-refractivity contribution in [1.29, 1.82) is 0 Å². The second kappa shape index (κ2) is 12.8. The fourth-order valence-corrected chi connectivity index (χ4v) is 2.25. The van der Waals surface area contributed by atoms with Crippen LogP contribution in [0.5, 0.6) is 11.5 Å². The molecule has 0 radical (unpaired) electrons.